The molecule has 6 heteroatoms. The Bertz CT molecular complexity index is 3400. The summed E-state index contributed by atoms with van der Waals surface area (Å²) in [5.74, 6) is 0.283. The Labute approximate surface area is 282 Å². The van der Waals surface area contributed by atoms with E-state index in [0.717, 1.165) is 92.8 Å². The van der Waals surface area contributed by atoms with Gasteiger partial charge < -0.3 is 0 Å². The van der Waals surface area contributed by atoms with Crippen molar-refractivity contribution in [2.24, 2.45) is 4.99 Å². The van der Waals surface area contributed by atoms with Gasteiger partial charge in [-0.05, 0) is 85.8 Å². The lowest BCUT2D eigenvalue weighted by atomic mass is 9.75. The molecular weight excluding hydrogens is 617 g/mol. The average molecular weight is 639 g/mol. The van der Waals surface area contributed by atoms with Crippen molar-refractivity contribution >= 4 is 106 Å². The van der Waals surface area contributed by atoms with Gasteiger partial charge in [0.05, 0.1) is 28.3 Å². The largest absolute Gasteiger partial charge is 0.273 e. The third-order valence-electron chi connectivity index (χ3n) is 11.7. The van der Waals surface area contributed by atoms with Crippen molar-refractivity contribution in [3.05, 3.63) is 141 Å². The summed E-state index contributed by atoms with van der Waals surface area (Å²) >= 11 is 0. The van der Waals surface area contributed by atoms with Crippen LogP contribution in [0.1, 0.15) is 28.2 Å². The minimum atomic E-state index is -0.424. The highest BCUT2D eigenvalue weighted by Crippen LogP contribution is 2.50. The van der Waals surface area contributed by atoms with Crippen molar-refractivity contribution in [1.82, 2.24) is 9.38 Å². The monoisotopic (exact) mass is 638 g/mol. The van der Waals surface area contributed by atoms with Crippen LogP contribution in [0.4, 0.5) is 11.4 Å². The number of fused-ring (bicyclic) bond motifs is 8. The van der Waals surface area contributed by atoms with Crippen LogP contribution in [-0.2, 0) is 11.2 Å². The number of hydrogen-bond acceptors (Lipinski definition) is 4. The predicted molar refractivity (Wildman–Crippen MR) is 202 cm³/mol. The summed E-state index contributed by atoms with van der Waals surface area (Å²) in [6, 6.07) is 33.0. The molecule has 4 aliphatic rings. The maximum Gasteiger partial charge on any atom is 0.264 e. The van der Waals surface area contributed by atoms with Gasteiger partial charge in [-0.25, -0.2) is 9.98 Å². The van der Waals surface area contributed by atoms with E-state index in [1.807, 2.05) is 63.9 Å². The number of rotatable bonds is 0. The number of aromatic nitrogens is 2. The van der Waals surface area contributed by atoms with Crippen LogP contribution in [-0.4, -0.2) is 21.1 Å². The van der Waals surface area contributed by atoms with Crippen molar-refractivity contribution in [3.63, 3.8) is 0 Å². The van der Waals surface area contributed by atoms with Gasteiger partial charge in [0.15, 0.2) is 0 Å². The average Bonchev–Trinajstić information content (AvgIpc) is 3.15. The molecule has 1 unspecified atom stereocenters. The molecule has 0 bridgehead atoms. The number of amidine groups is 1. The number of carbonyl (C=O) groups is 1. The molecule has 6 nitrogen and oxygen atoms in total. The highest BCUT2D eigenvalue weighted by atomic mass is 16.2. The number of carbonyl (C=O) groups excluding carboxylic acids is 1. The van der Waals surface area contributed by atoms with Crippen LogP contribution >= 0.6 is 0 Å². The van der Waals surface area contributed by atoms with E-state index in [1.54, 1.807) is 0 Å². The van der Waals surface area contributed by atoms with Gasteiger partial charge in [-0.15, -0.1) is 0 Å². The van der Waals surface area contributed by atoms with Gasteiger partial charge in [-0.3, -0.25) is 18.9 Å². The molecular formula is C44H22N4O2. The first-order chi connectivity index (χ1) is 24.7. The number of nitrogens with zero attached hydrogens (tertiary/aromatic N) is 4. The summed E-state index contributed by atoms with van der Waals surface area (Å²) in [6.45, 7) is 0. The second-order valence-electron chi connectivity index (χ2n) is 13.9. The first kappa shape index (κ1) is 25.4. The Balaban J connectivity index is 1.16. The Morgan fingerprint density at radius 1 is 0.700 bits per heavy atom. The van der Waals surface area contributed by atoms with Crippen LogP contribution in [0.5, 0.6) is 0 Å². The Morgan fingerprint density at radius 3 is 2.36 bits per heavy atom. The van der Waals surface area contributed by atoms with Crippen molar-refractivity contribution in [2.75, 3.05) is 4.90 Å². The number of hydrogen-bond donors (Lipinski definition) is 0. The summed E-state index contributed by atoms with van der Waals surface area (Å²) in [6.07, 6.45) is 7.17. The lowest BCUT2D eigenvalue weighted by Crippen LogP contribution is -2.46. The van der Waals surface area contributed by atoms with Gasteiger partial charge in [-0.2, -0.15) is 0 Å². The van der Waals surface area contributed by atoms with Gasteiger partial charge in [-0.1, -0.05) is 85.0 Å². The second kappa shape index (κ2) is 8.31. The second-order valence-corrected chi connectivity index (χ2v) is 13.9. The summed E-state index contributed by atoms with van der Waals surface area (Å²) in [7, 11) is 0. The maximum atomic E-state index is 14.5. The van der Waals surface area contributed by atoms with Crippen molar-refractivity contribution in [1.29, 1.82) is 0 Å². The zero-order valence-electron chi connectivity index (χ0n) is 26.4. The SMILES string of the molecule is O=C1C2C=Cc3c4c5c(ccc6c(=O)n7c(nc8cccc9cccc7c98)c(c65)=CC4)c4ccc(c2c34)C2=Nc3cccc4cccc(c34)N12. The number of amides is 1. The van der Waals surface area contributed by atoms with Crippen LogP contribution in [0.2, 0.25) is 0 Å². The Morgan fingerprint density at radius 2 is 1.46 bits per heavy atom. The molecule has 2 aromatic heterocycles. The van der Waals surface area contributed by atoms with E-state index in [0.29, 0.717) is 23.3 Å². The van der Waals surface area contributed by atoms with E-state index in [1.165, 1.54) is 5.56 Å². The quantitative estimate of drug-likeness (QED) is 0.124. The fourth-order valence-electron chi connectivity index (χ4n) is 9.70. The lowest BCUT2D eigenvalue weighted by Gasteiger charge is -2.39. The number of aliphatic imine (C=N–C) groups is 1. The van der Waals surface area contributed by atoms with Crippen LogP contribution in [0, 0.1) is 0 Å². The highest BCUT2D eigenvalue weighted by molar-refractivity contribution is 6.36. The van der Waals surface area contributed by atoms with Gasteiger partial charge in [0, 0.05) is 32.3 Å². The maximum absolute atomic E-state index is 14.5. The van der Waals surface area contributed by atoms with Gasteiger partial charge in [0.25, 0.3) is 5.56 Å². The molecule has 2 aliphatic heterocycles. The molecule has 13 rings (SSSR count). The zero-order chi connectivity index (χ0) is 32.6. The number of anilines is 1. The van der Waals surface area contributed by atoms with Crippen LogP contribution < -0.4 is 15.7 Å². The van der Waals surface area contributed by atoms with E-state index >= 15 is 0 Å². The van der Waals surface area contributed by atoms with Crippen LogP contribution in [0.25, 0.3) is 82.7 Å². The van der Waals surface area contributed by atoms with Gasteiger partial charge in [0.2, 0.25) is 5.91 Å². The minimum absolute atomic E-state index is 0.0188. The lowest BCUT2D eigenvalue weighted by molar-refractivity contribution is -0.118. The molecule has 9 aromatic rings. The van der Waals surface area contributed by atoms with E-state index in [-0.39, 0.29) is 11.5 Å². The van der Waals surface area contributed by atoms with Crippen LogP contribution in [0.3, 0.4) is 0 Å². The van der Waals surface area contributed by atoms with E-state index < -0.39 is 5.92 Å². The summed E-state index contributed by atoms with van der Waals surface area (Å²) in [4.78, 5) is 41.2. The van der Waals surface area contributed by atoms with Gasteiger partial charge >= 0.3 is 0 Å². The number of benzene rings is 7. The normalized spacial score (nSPS) is 16.8. The third-order valence-corrected chi connectivity index (χ3v) is 11.7. The molecule has 1 amide bonds. The molecule has 1 atom stereocenters. The summed E-state index contributed by atoms with van der Waals surface area (Å²) < 4.78 is 1.81. The molecule has 2 aliphatic carbocycles. The summed E-state index contributed by atoms with van der Waals surface area (Å²) in [5, 5.41) is 11.2. The van der Waals surface area contributed by atoms with Crippen molar-refractivity contribution in [3.8, 4) is 0 Å². The smallest absolute Gasteiger partial charge is 0.264 e. The number of pyridine rings is 1. The molecule has 0 spiro atoms. The Hall–Kier alpha value is -6.66. The standard InChI is InChI=1S/C44H22N4O2/c49-43-29-19-15-25-24-14-18-28-40-30(44(50)48-34-12-4-8-22-6-2-10-32(36(22)34)46-42(28)48)20-16-26(38(24)40)23-13-17-27(39(29)37(23)25)41-45-31-9-1-5-21-7-3-11-33(35(21)31)47(41)43/h1-13,15-20,29H,14H2. The molecule has 0 saturated heterocycles. The van der Waals surface area contributed by atoms with E-state index in [9.17, 15) is 9.59 Å². The minimum Gasteiger partial charge on any atom is -0.273 e. The first-order valence-electron chi connectivity index (χ1n) is 17.0. The zero-order valence-corrected chi connectivity index (χ0v) is 26.4. The third kappa shape index (κ3) is 2.72. The van der Waals surface area contributed by atoms with Gasteiger partial charge in [0.1, 0.15) is 11.5 Å². The molecule has 0 radical (unpaired) electrons. The predicted octanol–water partition coefficient (Wildman–Crippen LogP) is 8.22. The van der Waals surface area contributed by atoms with Crippen molar-refractivity contribution in [2.45, 2.75) is 12.3 Å². The first-order valence-corrected chi connectivity index (χ1v) is 17.0. The summed E-state index contributed by atoms with van der Waals surface area (Å²) in [5.41, 5.74) is 8.50. The molecule has 50 heavy (non-hydrogen) atoms. The fraction of sp³-hybridized carbons (Fsp3) is 0.0455. The highest BCUT2D eigenvalue weighted by Gasteiger charge is 2.42. The van der Waals surface area contributed by atoms with E-state index in [4.69, 9.17) is 9.98 Å². The molecule has 4 heterocycles. The molecule has 0 N–H and O–H groups in total. The molecule has 7 aromatic carbocycles. The molecule has 0 fully saturated rings. The Kier molecular flexibility index (Phi) is 4.21. The van der Waals surface area contributed by atoms with Crippen LogP contribution in [0.15, 0.2) is 113 Å². The fourth-order valence-corrected chi connectivity index (χ4v) is 9.70. The molecule has 230 valence electrons. The van der Waals surface area contributed by atoms with E-state index in [2.05, 4.69) is 60.7 Å². The van der Waals surface area contributed by atoms with Crippen molar-refractivity contribution < 1.29 is 4.79 Å². The topological polar surface area (TPSA) is 67.0 Å². The molecule has 0 saturated carbocycles.